The van der Waals surface area contributed by atoms with Crippen molar-refractivity contribution < 1.29 is 14.3 Å². The van der Waals surface area contributed by atoms with Gasteiger partial charge in [0, 0.05) is 69.3 Å². The van der Waals surface area contributed by atoms with E-state index in [2.05, 4.69) is 52.7 Å². The summed E-state index contributed by atoms with van der Waals surface area (Å²) in [6, 6.07) is 22.2. The molecule has 2 amide bonds. The van der Waals surface area contributed by atoms with Crippen molar-refractivity contribution in [2.75, 3.05) is 65.4 Å². The molecular weight excluding hydrogens is 550 g/mol. The number of likely N-dealkylation sites (N-methyl/N-ethyl adjacent to an activating group) is 1. The van der Waals surface area contributed by atoms with Crippen LogP contribution in [0.3, 0.4) is 0 Å². The van der Waals surface area contributed by atoms with Gasteiger partial charge in [-0.05, 0) is 56.4 Å². The van der Waals surface area contributed by atoms with Gasteiger partial charge in [0.2, 0.25) is 0 Å². The van der Waals surface area contributed by atoms with Crippen molar-refractivity contribution in [3.8, 4) is 0 Å². The van der Waals surface area contributed by atoms with Gasteiger partial charge >= 0.3 is 0 Å². The summed E-state index contributed by atoms with van der Waals surface area (Å²) < 4.78 is 8.13. The van der Waals surface area contributed by atoms with E-state index < -0.39 is 5.60 Å². The van der Waals surface area contributed by atoms with Gasteiger partial charge in [-0.25, -0.2) is 0 Å². The summed E-state index contributed by atoms with van der Waals surface area (Å²) in [6.07, 6.45) is 5.97. The number of carbonyl (C=O) groups is 2. The number of fused-ring (bicyclic) bond motifs is 2. The van der Waals surface area contributed by atoms with E-state index >= 15 is 0 Å². The lowest BCUT2D eigenvalue weighted by Gasteiger charge is -2.36. The van der Waals surface area contributed by atoms with Gasteiger partial charge in [-0.15, -0.1) is 0 Å². The number of anilines is 1. The lowest BCUT2D eigenvalue weighted by molar-refractivity contribution is -0.115. The monoisotopic (exact) mass is 593 g/mol. The molecule has 2 unspecified atom stereocenters. The van der Waals surface area contributed by atoms with Gasteiger partial charge in [-0.3, -0.25) is 14.5 Å². The summed E-state index contributed by atoms with van der Waals surface area (Å²) in [7, 11) is 5.88. The fourth-order valence-corrected chi connectivity index (χ4v) is 6.62. The zero-order valence-corrected chi connectivity index (χ0v) is 26.3. The van der Waals surface area contributed by atoms with Crippen molar-refractivity contribution >= 4 is 17.5 Å². The fourth-order valence-electron chi connectivity index (χ4n) is 6.62. The molecule has 3 aliphatic rings. The molecule has 1 aliphatic carbocycles. The number of carbonyl (C=O) groups excluding carboxylic acids is 2. The van der Waals surface area contributed by atoms with Crippen LogP contribution in [0.5, 0.6) is 0 Å². The van der Waals surface area contributed by atoms with Crippen LogP contribution >= 0.6 is 0 Å². The van der Waals surface area contributed by atoms with Crippen molar-refractivity contribution in [1.82, 2.24) is 19.3 Å². The average Bonchev–Trinajstić information content (AvgIpc) is 3.36. The third kappa shape index (κ3) is 5.89. The molecule has 3 aromatic rings. The Kier molecular flexibility index (Phi) is 8.58. The van der Waals surface area contributed by atoms with E-state index in [1.165, 1.54) is 0 Å². The minimum Gasteiger partial charge on any atom is -0.373 e. The average molecular weight is 594 g/mol. The molecule has 0 radical (unpaired) electrons. The molecule has 2 aliphatic heterocycles. The molecule has 1 saturated heterocycles. The third-order valence-corrected chi connectivity index (χ3v) is 9.36. The van der Waals surface area contributed by atoms with Crippen molar-refractivity contribution in [2.45, 2.75) is 31.5 Å². The molecule has 230 valence electrons. The van der Waals surface area contributed by atoms with Gasteiger partial charge < -0.3 is 24.0 Å². The quantitative estimate of drug-likeness (QED) is 0.407. The molecule has 1 aromatic heterocycles. The molecule has 8 heteroatoms. The van der Waals surface area contributed by atoms with Crippen molar-refractivity contribution in [2.24, 2.45) is 0 Å². The number of benzene rings is 2. The first kappa shape index (κ1) is 30.1. The summed E-state index contributed by atoms with van der Waals surface area (Å²) in [4.78, 5) is 36.5. The minimum absolute atomic E-state index is 0.0117. The zero-order valence-electron chi connectivity index (χ0n) is 26.3. The van der Waals surface area contributed by atoms with Crippen LogP contribution < -0.4 is 4.90 Å². The minimum atomic E-state index is -0.678. The van der Waals surface area contributed by atoms with Crippen molar-refractivity contribution in [1.29, 1.82) is 0 Å². The van der Waals surface area contributed by atoms with E-state index in [9.17, 15) is 9.59 Å². The number of para-hydroxylation sites is 1. The molecule has 2 aromatic carbocycles. The second kappa shape index (κ2) is 12.6. The van der Waals surface area contributed by atoms with Crippen LogP contribution in [0.25, 0.3) is 0 Å². The van der Waals surface area contributed by atoms with Crippen LogP contribution in [-0.2, 0) is 22.6 Å². The third-order valence-electron chi connectivity index (χ3n) is 9.36. The highest BCUT2D eigenvalue weighted by Crippen LogP contribution is 2.39. The number of nitrogens with zero attached hydrogens (tertiary/aromatic N) is 5. The standard InChI is InChI=1S/C36H43N5O3/c1-36(44-4)24-28(14-16-31(36)27-10-6-5-7-11-27)34(42)41-26-30-15-17-33(40(30)25-29-12-8-9-13-32(29)41)35(43)39-22-20-38(21-23-39)19-18-37(2)3/h5-17,24,31H,18-23,25-26H2,1-4H3. The van der Waals surface area contributed by atoms with Crippen molar-refractivity contribution in [3.05, 3.63) is 113 Å². The smallest absolute Gasteiger partial charge is 0.270 e. The predicted molar refractivity (Wildman–Crippen MR) is 174 cm³/mol. The number of hydrogen-bond acceptors (Lipinski definition) is 5. The first-order valence-electron chi connectivity index (χ1n) is 15.5. The summed E-state index contributed by atoms with van der Waals surface area (Å²) in [6.45, 7) is 8.17. The molecule has 0 spiro atoms. The Morgan fingerprint density at radius 2 is 1.64 bits per heavy atom. The summed E-state index contributed by atoms with van der Waals surface area (Å²) >= 11 is 0. The largest absolute Gasteiger partial charge is 0.373 e. The summed E-state index contributed by atoms with van der Waals surface area (Å²) in [5, 5.41) is 0. The van der Waals surface area contributed by atoms with Crippen LogP contribution in [0, 0.1) is 0 Å². The van der Waals surface area contributed by atoms with Gasteiger partial charge in [-0.2, -0.15) is 0 Å². The number of amides is 2. The van der Waals surface area contributed by atoms with E-state index in [1.54, 1.807) is 7.11 Å². The van der Waals surface area contributed by atoms with Crippen LogP contribution in [0.2, 0.25) is 0 Å². The lowest BCUT2D eigenvalue weighted by Crippen LogP contribution is -2.50. The van der Waals surface area contributed by atoms with E-state index in [0.29, 0.717) is 24.4 Å². The van der Waals surface area contributed by atoms with Crippen molar-refractivity contribution in [3.63, 3.8) is 0 Å². The maximum atomic E-state index is 14.3. The number of aromatic nitrogens is 1. The number of rotatable bonds is 7. The van der Waals surface area contributed by atoms with E-state index in [4.69, 9.17) is 4.74 Å². The fraction of sp³-hybridized carbons (Fsp3) is 0.389. The van der Waals surface area contributed by atoms with E-state index in [1.807, 2.05) is 77.4 Å². The van der Waals surface area contributed by atoms with Gasteiger partial charge in [-0.1, -0.05) is 60.7 Å². The Hall–Kier alpha value is -3.98. The van der Waals surface area contributed by atoms with E-state index in [-0.39, 0.29) is 17.7 Å². The highest BCUT2D eigenvalue weighted by atomic mass is 16.5. The first-order chi connectivity index (χ1) is 21.3. The SMILES string of the molecule is COC1(C)C=C(C(=O)N2Cc3ccc(C(=O)N4CCN(CCN(C)C)CC4)n3Cc3ccccc32)C=CC1c1ccccc1. The second-order valence-corrected chi connectivity index (χ2v) is 12.5. The molecule has 2 atom stereocenters. The Morgan fingerprint density at radius 1 is 0.909 bits per heavy atom. The second-order valence-electron chi connectivity index (χ2n) is 12.5. The Balaban J connectivity index is 1.25. The summed E-state index contributed by atoms with van der Waals surface area (Å²) in [5.41, 5.74) is 4.56. The molecule has 0 saturated carbocycles. The summed E-state index contributed by atoms with van der Waals surface area (Å²) in [5.74, 6) is -0.0383. The number of piperazine rings is 1. The topological polar surface area (TPSA) is 61.3 Å². The lowest BCUT2D eigenvalue weighted by atomic mass is 9.78. The van der Waals surface area contributed by atoms with Gasteiger partial charge in [0.25, 0.3) is 11.8 Å². The molecule has 1 fully saturated rings. The number of methoxy groups -OCH3 is 1. The molecule has 8 nitrogen and oxygen atoms in total. The molecule has 0 bridgehead atoms. The Morgan fingerprint density at radius 3 is 2.36 bits per heavy atom. The molecule has 44 heavy (non-hydrogen) atoms. The Bertz CT molecular complexity index is 1570. The first-order valence-corrected chi connectivity index (χ1v) is 15.5. The highest BCUT2D eigenvalue weighted by Gasteiger charge is 2.37. The van der Waals surface area contributed by atoms with Gasteiger partial charge in [0.1, 0.15) is 5.69 Å². The maximum Gasteiger partial charge on any atom is 0.270 e. The van der Waals surface area contributed by atoms with Gasteiger partial charge in [0.05, 0.1) is 18.7 Å². The molecular formula is C36H43N5O3. The molecule has 3 heterocycles. The Labute approximate surface area is 260 Å². The highest BCUT2D eigenvalue weighted by molar-refractivity contribution is 6.08. The van der Waals surface area contributed by atoms with Crippen LogP contribution in [-0.4, -0.2) is 97.2 Å². The normalized spacial score (nSPS) is 21.9. The van der Waals surface area contributed by atoms with Crippen LogP contribution in [0.1, 0.15) is 40.2 Å². The molecule has 0 N–H and O–H groups in total. The predicted octanol–water partition coefficient (Wildman–Crippen LogP) is 4.39. The van der Waals surface area contributed by atoms with Crippen LogP contribution in [0.15, 0.2) is 90.5 Å². The number of ether oxygens (including phenoxy) is 1. The van der Waals surface area contributed by atoms with Gasteiger partial charge in [0.15, 0.2) is 0 Å². The number of hydrogen-bond donors (Lipinski definition) is 0. The van der Waals surface area contributed by atoms with E-state index in [0.717, 1.165) is 61.8 Å². The molecule has 6 rings (SSSR count). The zero-order chi connectivity index (χ0) is 30.8. The maximum absolute atomic E-state index is 14.3. The van der Waals surface area contributed by atoms with Crippen LogP contribution in [0.4, 0.5) is 5.69 Å².